The van der Waals surface area contributed by atoms with Gasteiger partial charge in [0, 0.05) is 11.8 Å². The first-order chi connectivity index (χ1) is 14.3. The van der Waals surface area contributed by atoms with Crippen molar-refractivity contribution in [2.24, 2.45) is 0 Å². The summed E-state index contributed by atoms with van der Waals surface area (Å²) >= 11 is 0. The first-order valence-electron chi connectivity index (χ1n) is 9.34. The zero-order chi connectivity index (χ0) is 21.8. The van der Waals surface area contributed by atoms with Gasteiger partial charge < -0.3 is 23.8 Å². The number of allylic oxidation sites excluding steroid dienone is 2. The molecule has 4 rings (SSSR count). The topological polar surface area (TPSA) is 91.4 Å². The molecule has 0 unspecified atom stereocenters. The molecule has 1 aromatic rings. The summed E-state index contributed by atoms with van der Waals surface area (Å²) in [5, 5.41) is 0. The molecule has 3 aliphatic rings. The number of nitrogens with zero attached hydrogens (tertiary/aromatic N) is 1. The summed E-state index contributed by atoms with van der Waals surface area (Å²) < 4.78 is 21.8. The molecule has 8 nitrogen and oxygen atoms in total. The maximum atomic E-state index is 13.4. The third-order valence-corrected chi connectivity index (χ3v) is 5.64. The van der Waals surface area contributed by atoms with Crippen LogP contribution in [0.4, 0.5) is 0 Å². The highest BCUT2D eigenvalue weighted by Crippen LogP contribution is 2.53. The van der Waals surface area contributed by atoms with Gasteiger partial charge in [-0.05, 0) is 49.6 Å². The van der Waals surface area contributed by atoms with Crippen LogP contribution in [0.15, 0.2) is 41.8 Å². The largest absolute Gasteiger partial charge is 0.465 e. The Kier molecular flexibility index (Phi) is 4.54. The van der Waals surface area contributed by atoms with Gasteiger partial charge in [0.05, 0.1) is 14.2 Å². The highest BCUT2D eigenvalue weighted by atomic mass is 16.6. The van der Waals surface area contributed by atoms with Crippen molar-refractivity contribution in [1.29, 1.82) is 0 Å². The van der Waals surface area contributed by atoms with Gasteiger partial charge in [0.1, 0.15) is 17.0 Å². The van der Waals surface area contributed by atoms with Crippen molar-refractivity contribution in [2.45, 2.75) is 32.6 Å². The number of esters is 3. The highest BCUT2D eigenvalue weighted by molar-refractivity contribution is 6.10. The molecule has 0 saturated heterocycles. The normalized spacial score (nSPS) is 24.0. The highest BCUT2D eigenvalue weighted by Gasteiger charge is 2.63. The summed E-state index contributed by atoms with van der Waals surface area (Å²) in [6.07, 6.45) is 5.80. The van der Waals surface area contributed by atoms with E-state index in [2.05, 4.69) is 0 Å². The number of carbonyl (C=O) groups excluding carboxylic acids is 3. The number of fused-ring (bicyclic) bond motifs is 3. The maximum Gasteiger partial charge on any atom is 0.355 e. The molecule has 1 spiro atoms. The van der Waals surface area contributed by atoms with Crippen LogP contribution in [0.3, 0.4) is 0 Å². The van der Waals surface area contributed by atoms with Crippen LogP contribution < -0.4 is 4.74 Å². The van der Waals surface area contributed by atoms with Gasteiger partial charge in [-0.3, -0.25) is 0 Å². The number of aryl methyl sites for hydroxylation is 2. The van der Waals surface area contributed by atoms with Gasteiger partial charge in [-0.2, -0.15) is 0 Å². The summed E-state index contributed by atoms with van der Waals surface area (Å²) in [5.74, 6) is -2.17. The summed E-state index contributed by atoms with van der Waals surface area (Å²) in [6, 6.07) is 1.89. The Hall–Kier alpha value is -3.39. The van der Waals surface area contributed by atoms with Crippen LogP contribution in [0, 0.1) is 20.8 Å². The first-order valence-corrected chi connectivity index (χ1v) is 9.34. The number of carbonyl (C=O) groups is 3. The summed E-state index contributed by atoms with van der Waals surface area (Å²) in [4.78, 5) is 40.6. The lowest BCUT2D eigenvalue weighted by Gasteiger charge is -2.43. The number of ether oxygens (including phenoxy) is 4. The first kappa shape index (κ1) is 19.9. The minimum Gasteiger partial charge on any atom is -0.465 e. The van der Waals surface area contributed by atoms with Crippen LogP contribution in [-0.4, -0.2) is 43.3 Å². The summed E-state index contributed by atoms with van der Waals surface area (Å²) in [5.41, 5.74) is 0.367. The SMILES string of the molecule is COC(=O)C1=C(C(=O)OC)[C@]2(O[C@H]3C=CC=CN13)C(=O)Oc1c(C)c(C)cc(C)c12. The number of methoxy groups -OCH3 is 2. The van der Waals surface area contributed by atoms with Crippen LogP contribution >= 0.6 is 0 Å². The van der Waals surface area contributed by atoms with Crippen LogP contribution in [0.25, 0.3) is 0 Å². The molecule has 0 N–H and O–H groups in total. The van der Waals surface area contributed by atoms with Crippen molar-refractivity contribution < 1.29 is 33.3 Å². The van der Waals surface area contributed by atoms with E-state index in [0.29, 0.717) is 16.9 Å². The average Bonchev–Trinajstić information content (AvgIpc) is 3.02. The fourth-order valence-electron chi connectivity index (χ4n) is 4.18. The monoisotopic (exact) mass is 411 g/mol. The third-order valence-electron chi connectivity index (χ3n) is 5.64. The maximum absolute atomic E-state index is 13.4. The summed E-state index contributed by atoms with van der Waals surface area (Å²) in [7, 11) is 2.37. The van der Waals surface area contributed by atoms with Gasteiger partial charge in [0.25, 0.3) is 0 Å². The third kappa shape index (κ3) is 2.46. The van der Waals surface area contributed by atoms with E-state index in [0.717, 1.165) is 11.1 Å². The van der Waals surface area contributed by atoms with Gasteiger partial charge in [0.2, 0.25) is 5.60 Å². The molecule has 0 saturated carbocycles. The predicted octanol–water partition coefficient (Wildman–Crippen LogP) is 2.07. The van der Waals surface area contributed by atoms with Crippen molar-refractivity contribution in [3.8, 4) is 5.75 Å². The quantitative estimate of drug-likeness (QED) is 0.540. The molecule has 156 valence electrons. The fraction of sp³-hybridized carbons (Fsp3) is 0.318. The Bertz CT molecular complexity index is 1080. The van der Waals surface area contributed by atoms with Crippen molar-refractivity contribution >= 4 is 17.9 Å². The molecular formula is C22H21NO7. The molecule has 3 heterocycles. The molecule has 3 aliphatic heterocycles. The second-order valence-electron chi connectivity index (χ2n) is 7.26. The van der Waals surface area contributed by atoms with Crippen LogP contribution in [-0.2, 0) is 34.2 Å². The van der Waals surface area contributed by atoms with Gasteiger partial charge in [0.15, 0.2) is 6.23 Å². The number of rotatable bonds is 2. The molecule has 8 heteroatoms. The molecule has 30 heavy (non-hydrogen) atoms. The Morgan fingerprint density at radius 3 is 2.43 bits per heavy atom. The Morgan fingerprint density at radius 1 is 1.07 bits per heavy atom. The standard InChI is InChI=1S/C22H21NO7/c1-11-10-12(2)15-18(13(11)3)29-21(26)22(15)16(19(24)27-4)17(20(25)28-5)23-9-7-6-8-14(23)30-22/h6-10,14H,1-5H3/t14-,22-/m0/s1. The summed E-state index contributed by atoms with van der Waals surface area (Å²) in [6.45, 7) is 5.52. The van der Waals surface area contributed by atoms with Crippen molar-refractivity contribution in [2.75, 3.05) is 14.2 Å². The Morgan fingerprint density at radius 2 is 1.77 bits per heavy atom. The van der Waals surface area contributed by atoms with E-state index in [1.807, 2.05) is 19.9 Å². The van der Waals surface area contributed by atoms with E-state index in [9.17, 15) is 14.4 Å². The van der Waals surface area contributed by atoms with Crippen LogP contribution in [0.5, 0.6) is 5.75 Å². The lowest BCUT2D eigenvalue weighted by Crippen LogP contribution is -2.55. The number of hydrogen-bond donors (Lipinski definition) is 0. The van der Waals surface area contributed by atoms with Crippen molar-refractivity contribution in [1.82, 2.24) is 4.90 Å². The minimum absolute atomic E-state index is 0.136. The van der Waals surface area contributed by atoms with E-state index in [1.54, 1.807) is 31.4 Å². The average molecular weight is 411 g/mol. The molecule has 0 bridgehead atoms. The second-order valence-corrected chi connectivity index (χ2v) is 7.26. The molecule has 0 fully saturated rings. The molecule has 1 aromatic carbocycles. The molecule has 0 amide bonds. The minimum atomic E-state index is -1.97. The fourth-order valence-corrected chi connectivity index (χ4v) is 4.18. The van der Waals surface area contributed by atoms with E-state index in [4.69, 9.17) is 18.9 Å². The van der Waals surface area contributed by atoms with E-state index >= 15 is 0 Å². The number of benzene rings is 1. The van der Waals surface area contributed by atoms with E-state index in [1.165, 1.54) is 19.1 Å². The van der Waals surface area contributed by atoms with Crippen LogP contribution in [0.2, 0.25) is 0 Å². The Labute approximate surface area is 173 Å². The van der Waals surface area contributed by atoms with Gasteiger partial charge >= 0.3 is 17.9 Å². The predicted molar refractivity (Wildman–Crippen MR) is 104 cm³/mol. The smallest absolute Gasteiger partial charge is 0.355 e. The van der Waals surface area contributed by atoms with E-state index in [-0.39, 0.29) is 11.3 Å². The van der Waals surface area contributed by atoms with Crippen LogP contribution in [0.1, 0.15) is 22.3 Å². The molecule has 0 aliphatic carbocycles. The zero-order valence-electron chi connectivity index (χ0n) is 17.3. The second kappa shape index (κ2) is 6.84. The van der Waals surface area contributed by atoms with E-state index < -0.39 is 29.7 Å². The molecule has 0 aromatic heterocycles. The lowest BCUT2D eigenvalue weighted by atomic mass is 9.80. The number of hydrogen-bond acceptors (Lipinski definition) is 8. The molecule has 2 atom stereocenters. The zero-order valence-corrected chi connectivity index (χ0v) is 17.3. The molecular weight excluding hydrogens is 390 g/mol. The van der Waals surface area contributed by atoms with Crippen molar-refractivity contribution in [3.05, 3.63) is 64.0 Å². The Balaban J connectivity index is 2.14. The van der Waals surface area contributed by atoms with Crippen molar-refractivity contribution in [3.63, 3.8) is 0 Å². The van der Waals surface area contributed by atoms with Gasteiger partial charge in [-0.1, -0.05) is 12.1 Å². The van der Waals surface area contributed by atoms with Gasteiger partial charge in [-0.25, -0.2) is 14.4 Å². The lowest BCUT2D eigenvalue weighted by molar-refractivity contribution is -0.177. The van der Waals surface area contributed by atoms with Gasteiger partial charge in [-0.15, -0.1) is 0 Å². The molecule has 0 radical (unpaired) electrons.